The van der Waals surface area contributed by atoms with E-state index in [1.807, 2.05) is 26.1 Å². The van der Waals surface area contributed by atoms with Crippen molar-refractivity contribution < 1.29 is 9.90 Å². The molecule has 0 aliphatic carbocycles. The van der Waals surface area contributed by atoms with Gasteiger partial charge >= 0.3 is 5.97 Å². The van der Waals surface area contributed by atoms with Crippen LogP contribution >= 0.6 is 23.2 Å². The maximum atomic E-state index is 12.6. The lowest BCUT2D eigenvalue weighted by molar-refractivity contribution is 0.0695. The first-order valence-corrected chi connectivity index (χ1v) is 9.03. The molecule has 1 aromatic carbocycles. The van der Waals surface area contributed by atoms with Crippen molar-refractivity contribution in [3.63, 3.8) is 0 Å². The van der Waals surface area contributed by atoms with Gasteiger partial charge in [-0.1, -0.05) is 29.3 Å². The van der Waals surface area contributed by atoms with Crippen LogP contribution in [-0.4, -0.2) is 25.4 Å². The third-order valence-corrected chi connectivity index (χ3v) is 4.96. The van der Waals surface area contributed by atoms with Crippen LogP contribution in [-0.2, 0) is 13.1 Å². The van der Waals surface area contributed by atoms with Crippen LogP contribution in [0.5, 0.6) is 0 Å². The summed E-state index contributed by atoms with van der Waals surface area (Å²) in [6.45, 7) is 4.56. The number of halogens is 2. The Morgan fingerprint density at radius 1 is 1.19 bits per heavy atom. The minimum absolute atomic E-state index is 0.286. The van der Waals surface area contributed by atoms with Crippen LogP contribution in [0.1, 0.15) is 28.7 Å². The highest BCUT2D eigenvalue weighted by Gasteiger charge is 2.22. The van der Waals surface area contributed by atoms with E-state index in [1.54, 1.807) is 27.4 Å². The number of carbonyl (C=O) groups is 1. The van der Waals surface area contributed by atoms with Gasteiger partial charge in [-0.2, -0.15) is 5.10 Å². The van der Waals surface area contributed by atoms with Crippen molar-refractivity contribution in [3.05, 3.63) is 73.7 Å². The molecule has 3 rings (SSSR count). The fraction of sp³-hybridized carbons (Fsp3) is 0.211. The Kier molecular flexibility index (Phi) is 5.39. The van der Waals surface area contributed by atoms with Gasteiger partial charge in [-0.25, -0.2) is 4.79 Å². The van der Waals surface area contributed by atoms with Crippen LogP contribution in [0.15, 0.2) is 41.3 Å². The predicted molar refractivity (Wildman–Crippen MR) is 105 cm³/mol. The van der Waals surface area contributed by atoms with Gasteiger partial charge in [0.15, 0.2) is 5.43 Å². The number of carboxylic acid groups (broad SMARTS) is 1. The smallest absolute Gasteiger partial charge is 0.341 e. The number of aromatic carboxylic acids is 1. The van der Waals surface area contributed by atoms with Crippen LogP contribution < -0.4 is 5.43 Å². The SMILES string of the molecule is CCn1c(Cn2ccc(C)n2)cc(=O)c(C(=O)O)c1-c1ccc(Cl)c(Cl)c1. The summed E-state index contributed by atoms with van der Waals surface area (Å²) in [6, 6.07) is 8.02. The molecule has 140 valence electrons. The quantitative estimate of drug-likeness (QED) is 0.693. The minimum Gasteiger partial charge on any atom is -0.477 e. The van der Waals surface area contributed by atoms with E-state index in [0.717, 1.165) is 5.69 Å². The average Bonchev–Trinajstić information content (AvgIpc) is 3.01. The zero-order valence-corrected chi connectivity index (χ0v) is 16.3. The molecule has 2 heterocycles. The molecule has 6 nitrogen and oxygen atoms in total. The van der Waals surface area contributed by atoms with Crippen LogP contribution in [0.2, 0.25) is 10.0 Å². The normalized spacial score (nSPS) is 11.0. The number of benzene rings is 1. The number of aromatic nitrogens is 3. The van der Waals surface area contributed by atoms with E-state index in [9.17, 15) is 14.7 Å². The lowest BCUT2D eigenvalue weighted by Gasteiger charge is -2.20. The van der Waals surface area contributed by atoms with Gasteiger partial charge in [0, 0.05) is 30.1 Å². The molecule has 27 heavy (non-hydrogen) atoms. The highest BCUT2D eigenvalue weighted by atomic mass is 35.5. The van der Waals surface area contributed by atoms with Crippen molar-refractivity contribution in [2.75, 3.05) is 0 Å². The lowest BCUT2D eigenvalue weighted by Crippen LogP contribution is -2.24. The molecule has 1 N–H and O–H groups in total. The summed E-state index contributed by atoms with van der Waals surface area (Å²) in [4.78, 5) is 24.4. The van der Waals surface area contributed by atoms with Crippen molar-refractivity contribution in [3.8, 4) is 11.3 Å². The van der Waals surface area contributed by atoms with Gasteiger partial charge in [0.1, 0.15) is 5.56 Å². The van der Waals surface area contributed by atoms with Crippen LogP contribution in [0.25, 0.3) is 11.3 Å². The zero-order chi connectivity index (χ0) is 19.7. The second-order valence-electron chi connectivity index (χ2n) is 6.06. The molecular formula is C19H17Cl2N3O3. The standard InChI is InChI=1S/C19H17Cl2N3O3/c1-3-24-13(10-23-7-6-11(2)22-23)9-16(25)17(19(26)27)18(24)12-4-5-14(20)15(21)8-12/h4-9H,3,10H2,1-2H3,(H,26,27). The van der Waals surface area contributed by atoms with E-state index in [1.165, 1.54) is 6.07 Å². The molecule has 0 atom stereocenters. The van der Waals surface area contributed by atoms with Gasteiger partial charge in [0.2, 0.25) is 0 Å². The number of nitrogens with zero attached hydrogens (tertiary/aromatic N) is 3. The van der Waals surface area contributed by atoms with Crippen molar-refractivity contribution in [1.29, 1.82) is 0 Å². The first kappa shape index (κ1) is 19.2. The molecule has 0 saturated carbocycles. The van der Waals surface area contributed by atoms with Crippen molar-refractivity contribution in [2.45, 2.75) is 26.9 Å². The maximum Gasteiger partial charge on any atom is 0.341 e. The Hall–Kier alpha value is -2.57. The monoisotopic (exact) mass is 405 g/mol. The molecule has 0 aliphatic heterocycles. The molecule has 0 aliphatic rings. The van der Waals surface area contributed by atoms with Crippen LogP contribution in [0, 0.1) is 6.92 Å². The van der Waals surface area contributed by atoms with Gasteiger partial charge in [-0.15, -0.1) is 0 Å². The third-order valence-electron chi connectivity index (χ3n) is 4.22. The van der Waals surface area contributed by atoms with Gasteiger partial charge < -0.3 is 9.67 Å². The molecule has 0 radical (unpaired) electrons. The van der Waals surface area contributed by atoms with Gasteiger partial charge in [-0.05, 0) is 32.0 Å². The summed E-state index contributed by atoms with van der Waals surface area (Å²) in [5.74, 6) is -1.29. The first-order valence-electron chi connectivity index (χ1n) is 8.27. The fourth-order valence-corrected chi connectivity index (χ4v) is 3.35. The number of carboxylic acids is 1. The third kappa shape index (κ3) is 3.77. The number of aryl methyl sites for hydroxylation is 1. The van der Waals surface area contributed by atoms with Crippen LogP contribution in [0.3, 0.4) is 0 Å². The van der Waals surface area contributed by atoms with Crippen molar-refractivity contribution in [2.24, 2.45) is 0 Å². The Balaban J connectivity index is 2.29. The largest absolute Gasteiger partial charge is 0.477 e. The number of pyridine rings is 1. The lowest BCUT2D eigenvalue weighted by atomic mass is 10.0. The van der Waals surface area contributed by atoms with E-state index in [0.29, 0.717) is 35.1 Å². The maximum absolute atomic E-state index is 12.6. The van der Waals surface area contributed by atoms with E-state index < -0.39 is 11.4 Å². The molecule has 0 amide bonds. The minimum atomic E-state index is -1.29. The predicted octanol–water partition coefficient (Wildman–Crippen LogP) is 4.09. The Labute approximate surface area is 165 Å². The Bertz CT molecular complexity index is 1090. The summed E-state index contributed by atoms with van der Waals surface area (Å²) in [7, 11) is 0. The average molecular weight is 406 g/mol. The van der Waals surface area contributed by atoms with E-state index in [2.05, 4.69) is 5.10 Å². The highest BCUT2D eigenvalue weighted by Crippen LogP contribution is 2.30. The van der Waals surface area contributed by atoms with E-state index in [-0.39, 0.29) is 10.6 Å². The topological polar surface area (TPSA) is 77.1 Å². The first-order chi connectivity index (χ1) is 12.8. The molecule has 0 unspecified atom stereocenters. The summed E-state index contributed by atoms with van der Waals surface area (Å²) in [5.41, 5.74) is 1.46. The van der Waals surface area contributed by atoms with Gasteiger partial charge in [0.25, 0.3) is 0 Å². The Morgan fingerprint density at radius 3 is 2.48 bits per heavy atom. The van der Waals surface area contributed by atoms with Crippen molar-refractivity contribution in [1.82, 2.24) is 14.3 Å². The zero-order valence-electron chi connectivity index (χ0n) is 14.7. The highest BCUT2D eigenvalue weighted by molar-refractivity contribution is 6.42. The molecule has 0 bridgehead atoms. The van der Waals surface area contributed by atoms with E-state index in [4.69, 9.17) is 23.2 Å². The molecular weight excluding hydrogens is 389 g/mol. The van der Waals surface area contributed by atoms with Gasteiger partial charge in [-0.3, -0.25) is 9.48 Å². The molecule has 3 aromatic rings. The number of rotatable bonds is 5. The van der Waals surface area contributed by atoms with Gasteiger partial charge in [0.05, 0.1) is 28.0 Å². The number of hydrogen-bond donors (Lipinski definition) is 1. The van der Waals surface area contributed by atoms with Crippen molar-refractivity contribution >= 4 is 29.2 Å². The summed E-state index contributed by atoms with van der Waals surface area (Å²) < 4.78 is 3.50. The summed E-state index contributed by atoms with van der Waals surface area (Å²) >= 11 is 12.1. The summed E-state index contributed by atoms with van der Waals surface area (Å²) in [6.07, 6.45) is 1.81. The second kappa shape index (κ2) is 7.58. The number of hydrogen-bond acceptors (Lipinski definition) is 3. The van der Waals surface area contributed by atoms with Crippen LogP contribution in [0.4, 0.5) is 0 Å². The molecule has 8 heteroatoms. The van der Waals surface area contributed by atoms with E-state index >= 15 is 0 Å². The molecule has 0 saturated heterocycles. The molecule has 2 aromatic heterocycles. The molecule has 0 spiro atoms. The molecule has 0 fully saturated rings. The summed E-state index contributed by atoms with van der Waals surface area (Å²) in [5, 5.41) is 14.6. The Morgan fingerprint density at radius 2 is 1.93 bits per heavy atom. The fourth-order valence-electron chi connectivity index (χ4n) is 3.06. The second-order valence-corrected chi connectivity index (χ2v) is 6.87.